The molecule has 0 heterocycles. The van der Waals surface area contributed by atoms with Crippen LogP contribution in [0.15, 0.2) is 47.2 Å². The number of hydrogen-bond donors (Lipinski definition) is 0. The van der Waals surface area contributed by atoms with E-state index in [4.69, 9.17) is 4.74 Å². The Hall–Kier alpha value is -2.43. The molecule has 1 aromatic rings. The van der Waals surface area contributed by atoms with E-state index in [2.05, 4.69) is 18.9 Å². The van der Waals surface area contributed by atoms with Crippen LogP contribution in [0.1, 0.15) is 45.6 Å². The Balaban J connectivity index is 2.29. The van der Waals surface area contributed by atoms with Crippen molar-refractivity contribution in [3.63, 3.8) is 0 Å². The molecule has 0 spiro atoms. The highest BCUT2D eigenvalue weighted by atomic mass is 16.5. The van der Waals surface area contributed by atoms with Crippen LogP contribution in [0, 0.1) is 5.41 Å². The second kappa shape index (κ2) is 8.10. The number of benzene rings is 1. The number of esters is 1. The Labute approximate surface area is 149 Å². The van der Waals surface area contributed by atoms with Crippen LogP contribution in [-0.4, -0.2) is 36.1 Å². The molecular formula is C20H26N2O3. The van der Waals surface area contributed by atoms with Crippen molar-refractivity contribution < 1.29 is 14.3 Å². The molecule has 25 heavy (non-hydrogen) atoms. The highest BCUT2D eigenvalue weighted by Gasteiger charge is 2.29. The van der Waals surface area contributed by atoms with Gasteiger partial charge >= 0.3 is 5.97 Å². The van der Waals surface area contributed by atoms with Gasteiger partial charge < -0.3 is 4.74 Å². The van der Waals surface area contributed by atoms with Crippen molar-refractivity contribution in [1.82, 2.24) is 5.01 Å². The Morgan fingerprint density at radius 1 is 1.24 bits per heavy atom. The number of carbonyl (C=O) groups excluding carboxylic acids is 2. The summed E-state index contributed by atoms with van der Waals surface area (Å²) in [6.45, 7) is 6.27. The Morgan fingerprint density at radius 3 is 2.52 bits per heavy atom. The highest BCUT2D eigenvalue weighted by molar-refractivity contribution is 6.09. The van der Waals surface area contributed by atoms with Gasteiger partial charge in [0.25, 0.3) is 0 Å². The largest absolute Gasteiger partial charge is 0.466 e. The molecule has 5 nitrogen and oxygen atoms in total. The van der Waals surface area contributed by atoms with Gasteiger partial charge in [-0.05, 0) is 24.3 Å². The van der Waals surface area contributed by atoms with Crippen molar-refractivity contribution in [2.75, 3.05) is 13.7 Å². The maximum absolute atomic E-state index is 12.0. The van der Waals surface area contributed by atoms with E-state index in [9.17, 15) is 9.59 Å². The molecule has 0 N–H and O–H groups in total. The van der Waals surface area contributed by atoms with Crippen LogP contribution in [0.5, 0.6) is 0 Å². The van der Waals surface area contributed by atoms with Crippen molar-refractivity contribution in [2.24, 2.45) is 10.5 Å². The summed E-state index contributed by atoms with van der Waals surface area (Å²) in [6.07, 6.45) is 3.05. The summed E-state index contributed by atoms with van der Waals surface area (Å²) in [5.41, 5.74) is 2.26. The van der Waals surface area contributed by atoms with Crippen molar-refractivity contribution in [1.29, 1.82) is 0 Å². The lowest BCUT2D eigenvalue weighted by Gasteiger charge is -2.31. The van der Waals surface area contributed by atoms with E-state index in [0.717, 1.165) is 17.7 Å². The highest BCUT2D eigenvalue weighted by Crippen LogP contribution is 2.34. The molecule has 0 saturated carbocycles. The molecule has 1 aliphatic rings. The fourth-order valence-corrected chi connectivity index (χ4v) is 2.94. The first-order valence-electron chi connectivity index (χ1n) is 8.56. The van der Waals surface area contributed by atoms with E-state index in [1.807, 2.05) is 37.4 Å². The van der Waals surface area contributed by atoms with Gasteiger partial charge in [0.15, 0.2) is 5.78 Å². The van der Waals surface area contributed by atoms with Crippen molar-refractivity contribution in [2.45, 2.75) is 40.0 Å². The lowest BCUT2D eigenvalue weighted by atomic mass is 9.79. The number of ether oxygens (including phenoxy) is 1. The van der Waals surface area contributed by atoms with Crippen LogP contribution in [0.3, 0.4) is 0 Å². The molecule has 0 unspecified atom stereocenters. The van der Waals surface area contributed by atoms with Gasteiger partial charge in [-0.3, -0.25) is 14.6 Å². The van der Waals surface area contributed by atoms with E-state index in [1.165, 1.54) is 0 Å². The van der Waals surface area contributed by atoms with Gasteiger partial charge in [-0.15, -0.1) is 0 Å². The summed E-state index contributed by atoms with van der Waals surface area (Å²) in [7, 11) is 1.81. The fourth-order valence-electron chi connectivity index (χ4n) is 2.94. The number of hydrazone groups is 1. The first-order chi connectivity index (χ1) is 11.8. The number of carbonyl (C=O) groups is 2. The third-order valence-electron chi connectivity index (χ3n) is 4.05. The summed E-state index contributed by atoms with van der Waals surface area (Å²) in [5.74, 6) is -0.201. The predicted octanol–water partition coefficient (Wildman–Crippen LogP) is 3.55. The average molecular weight is 342 g/mol. The fraction of sp³-hybridized carbons (Fsp3) is 0.450. The number of allylic oxidation sites excluding steroid dienone is 2. The van der Waals surface area contributed by atoms with Crippen LogP contribution >= 0.6 is 0 Å². The summed E-state index contributed by atoms with van der Waals surface area (Å²) in [5, 5.41) is 6.33. The summed E-state index contributed by atoms with van der Waals surface area (Å²) in [6, 6.07) is 9.55. The molecule has 5 heteroatoms. The Kier molecular flexibility index (Phi) is 6.12. The van der Waals surface area contributed by atoms with Gasteiger partial charge in [-0.1, -0.05) is 44.2 Å². The smallest absolute Gasteiger partial charge is 0.311 e. The molecule has 0 saturated heterocycles. The minimum Gasteiger partial charge on any atom is -0.466 e. The Bertz CT molecular complexity index is 690. The standard InChI is InChI=1S/C20H26N2O3/c1-5-25-19(24)12-18(15-9-7-6-8-10-15)21-22(4)16-11-17(23)14-20(2,3)13-16/h6-11H,5,12-14H2,1-4H3/b21-18-. The average Bonchev–Trinajstić information content (AvgIpc) is 2.53. The number of ketones is 1. The summed E-state index contributed by atoms with van der Waals surface area (Å²) in [4.78, 5) is 23.9. The maximum atomic E-state index is 12.0. The second-order valence-electron chi connectivity index (χ2n) is 7.04. The number of rotatable bonds is 6. The van der Waals surface area contributed by atoms with Crippen LogP contribution < -0.4 is 0 Å². The normalized spacial score (nSPS) is 17.0. The predicted molar refractivity (Wildman–Crippen MR) is 98.1 cm³/mol. The minimum absolute atomic E-state index is 0.0843. The zero-order chi connectivity index (χ0) is 18.4. The summed E-state index contributed by atoms with van der Waals surface area (Å²) >= 11 is 0. The second-order valence-corrected chi connectivity index (χ2v) is 7.04. The molecule has 0 bridgehead atoms. The van der Waals surface area contributed by atoms with E-state index in [0.29, 0.717) is 18.7 Å². The molecule has 0 fully saturated rings. The van der Waals surface area contributed by atoms with E-state index in [1.54, 1.807) is 18.0 Å². The molecule has 0 aromatic heterocycles. The first-order valence-corrected chi connectivity index (χ1v) is 8.56. The van der Waals surface area contributed by atoms with Crippen LogP contribution in [0.25, 0.3) is 0 Å². The first kappa shape index (κ1) is 18.9. The van der Waals surface area contributed by atoms with Gasteiger partial charge in [0.1, 0.15) is 0 Å². The lowest BCUT2D eigenvalue weighted by molar-refractivity contribution is -0.141. The maximum Gasteiger partial charge on any atom is 0.311 e. The number of nitrogens with zero attached hydrogens (tertiary/aromatic N) is 2. The van der Waals surface area contributed by atoms with Crippen molar-refractivity contribution in [3.8, 4) is 0 Å². The van der Waals surface area contributed by atoms with Gasteiger partial charge in [0, 0.05) is 25.2 Å². The van der Waals surface area contributed by atoms with Gasteiger partial charge in [-0.2, -0.15) is 5.10 Å². The van der Waals surface area contributed by atoms with Gasteiger partial charge in [0.2, 0.25) is 0 Å². The van der Waals surface area contributed by atoms with Crippen LogP contribution in [0.2, 0.25) is 0 Å². The van der Waals surface area contributed by atoms with E-state index < -0.39 is 0 Å². The lowest BCUT2D eigenvalue weighted by Crippen LogP contribution is -2.28. The Morgan fingerprint density at radius 2 is 1.92 bits per heavy atom. The molecule has 1 aliphatic carbocycles. The van der Waals surface area contributed by atoms with Crippen molar-refractivity contribution in [3.05, 3.63) is 47.7 Å². The zero-order valence-corrected chi connectivity index (χ0v) is 15.4. The molecule has 0 amide bonds. The van der Waals surface area contributed by atoms with Crippen LogP contribution in [0.4, 0.5) is 0 Å². The van der Waals surface area contributed by atoms with E-state index in [-0.39, 0.29) is 23.6 Å². The molecule has 1 aromatic carbocycles. The topological polar surface area (TPSA) is 59.0 Å². The van der Waals surface area contributed by atoms with Gasteiger partial charge in [-0.25, -0.2) is 0 Å². The van der Waals surface area contributed by atoms with Gasteiger partial charge in [0.05, 0.1) is 18.7 Å². The third kappa shape index (κ3) is 5.55. The molecule has 0 aliphatic heterocycles. The summed E-state index contributed by atoms with van der Waals surface area (Å²) < 4.78 is 5.06. The molecule has 2 rings (SSSR count). The number of hydrogen-bond acceptors (Lipinski definition) is 5. The third-order valence-corrected chi connectivity index (χ3v) is 4.05. The van der Waals surface area contributed by atoms with Crippen LogP contribution in [-0.2, 0) is 14.3 Å². The monoisotopic (exact) mass is 342 g/mol. The molecule has 0 radical (unpaired) electrons. The molecular weight excluding hydrogens is 316 g/mol. The minimum atomic E-state index is -0.312. The molecule has 0 atom stereocenters. The van der Waals surface area contributed by atoms with Crippen molar-refractivity contribution >= 4 is 17.5 Å². The SMILES string of the molecule is CCOC(=O)C/C(=N/N(C)C1=CC(=O)CC(C)(C)C1)c1ccccc1. The quantitative estimate of drug-likeness (QED) is 0.451. The zero-order valence-electron chi connectivity index (χ0n) is 15.4. The van der Waals surface area contributed by atoms with E-state index >= 15 is 0 Å². The molecule has 134 valence electrons.